The van der Waals surface area contributed by atoms with E-state index in [1.165, 1.54) is 17.7 Å². The lowest BCUT2D eigenvalue weighted by Gasteiger charge is -1.85. The standard InChI is InChI=1S/C8H8.C6H12Si/c1-2-8-6-4-3-5-7-8;1-3-5-7-6-4-2/h2-7H,1H2;3-4H,1-2,5-7H2. The molecule has 0 unspecified atom stereocenters. The second-order valence-electron chi connectivity index (χ2n) is 3.12. The Morgan fingerprint density at radius 3 is 1.80 bits per heavy atom. The number of hydrogen-bond donors (Lipinski definition) is 0. The molecular weight excluding hydrogens is 196 g/mol. The van der Waals surface area contributed by atoms with Crippen molar-refractivity contribution in [3.63, 3.8) is 0 Å². The van der Waals surface area contributed by atoms with Crippen LogP contribution in [-0.2, 0) is 0 Å². The fraction of sp³-hybridized carbons (Fsp3) is 0.143. The molecule has 0 N–H and O–H groups in total. The van der Waals surface area contributed by atoms with E-state index in [0.29, 0.717) is 0 Å². The predicted molar refractivity (Wildman–Crippen MR) is 75.1 cm³/mol. The van der Waals surface area contributed by atoms with E-state index in [-0.39, 0.29) is 9.52 Å². The zero-order chi connectivity index (χ0) is 11.4. The molecule has 1 aromatic rings. The van der Waals surface area contributed by atoms with Gasteiger partial charge in [-0.15, -0.1) is 13.2 Å². The Balaban J connectivity index is 0.000000265. The molecule has 0 heterocycles. The fourth-order valence-corrected chi connectivity index (χ4v) is 1.81. The van der Waals surface area contributed by atoms with Gasteiger partial charge in [-0.1, -0.05) is 55.1 Å². The van der Waals surface area contributed by atoms with Crippen LogP contribution in [0.2, 0.25) is 12.1 Å². The summed E-state index contributed by atoms with van der Waals surface area (Å²) in [5.41, 5.74) is 1.17. The van der Waals surface area contributed by atoms with E-state index in [2.05, 4.69) is 19.7 Å². The Morgan fingerprint density at radius 2 is 1.47 bits per heavy atom. The molecule has 0 atom stereocenters. The SMILES string of the molecule is C=CC[SiH2]CC=C.C=Cc1ccccc1. The number of rotatable bonds is 5. The summed E-state index contributed by atoms with van der Waals surface area (Å²) in [6.07, 6.45) is 5.82. The quantitative estimate of drug-likeness (QED) is 0.400. The molecule has 0 aliphatic carbocycles. The summed E-state index contributed by atoms with van der Waals surface area (Å²) < 4.78 is 0. The van der Waals surface area contributed by atoms with E-state index >= 15 is 0 Å². The van der Waals surface area contributed by atoms with E-state index in [1.807, 2.05) is 48.6 Å². The van der Waals surface area contributed by atoms with E-state index < -0.39 is 0 Å². The van der Waals surface area contributed by atoms with E-state index in [1.54, 1.807) is 0 Å². The predicted octanol–water partition coefficient (Wildman–Crippen LogP) is 3.69. The van der Waals surface area contributed by atoms with Crippen molar-refractivity contribution in [2.24, 2.45) is 0 Å². The molecule has 0 saturated carbocycles. The summed E-state index contributed by atoms with van der Waals surface area (Å²) in [5.74, 6) is 0. The van der Waals surface area contributed by atoms with Gasteiger partial charge in [0.1, 0.15) is 0 Å². The second kappa shape index (κ2) is 10.7. The van der Waals surface area contributed by atoms with Gasteiger partial charge >= 0.3 is 0 Å². The average Bonchev–Trinajstić information content (AvgIpc) is 2.32. The van der Waals surface area contributed by atoms with Gasteiger partial charge in [-0.2, -0.15) is 0 Å². The molecular formula is C14H20Si. The Morgan fingerprint density at radius 1 is 0.933 bits per heavy atom. The average molecular weight is 216 g/mol. The molecule has 0 radical (unpaired) electrons. The molecule has 0 aromatic heterocycles. The van der Waals surface area contributed by atoms with Gasteiger partial charge in [0, 0.05) is 9.52 Å². The third kappa shape index (κ3) is 8.97. The van der Waals surface area contributed by atoms with Crippen LogP contribution in [0.15, 0.2) is 62.2 Å². The summed E-state index contributed by atoms with van der Waals surface area (Å²) in [6, 6.07) is 12.5. The topological polar surface area (TPSA) is 0 Å². The molecule has 0 nitrogen and oxygen atoms in total. The minimum Gasteiger partial charge on any atom is -0.103 e. The molecule has 80 valence electrons. The van der Waals surface area contributed by atoms with Gasteiger partial charge in [0.2, 0.25) is 0 Å². The van der Waals surface area contributed by atoms with Crippen LogP contribution >= 0.6 is 0 Å². The van der Waals surface area contributed by atoms with Crippen LogP contribution in [0.1, 0.15) is 5.56 Å². The highest BCUT2D eigenvalue weighted by atomic mass is 28.2. The normalized spacial score (nSPS) is 8.27. The Bertz CT molecular complexity index is 267. The Hall–Kier alpha value is -1.34. The minimum absolute atomic E-state index is 0.175. The summed E-state index contributed by atoms with van der Waals surface area (Å²) >= 11 is 0. The van der Waals surface area contributed by atoms with Gasteiger partial charge in [0.15, 0.2) is 0 Å². The van der Waals surface area contributed by atoms with Crippen LogP contribution in [0.5, 0.6) is 0 Å². The maximum Gasteiger partial charge on any atom is 0.0280 e. The van der Waals surface area contributed by atoms with Crippen molar-refractivity contribution < 1.29 is 0 Å². The van der Waals surface area contributed by atoms with Crippen LogP contribution in [0.3, 0.4) is 0 Å². The first kappa shape index (κ1) is 13.7. The van der Waals surface area contributed by atoms with Crippen molar-refractivity contribution in [3.8, 4) is 0 Å². The van der Waals surface area contributed by atoms with Crippen LogP contribution in [-0.4, -0.2) is 9.52 Å². The van der Waals surface area contributed by atoms with Crippen LogP contribution in [0.25, 0.3) is 6.08 Å². The fourth-order valence-electron chi connectivity index (χ4n) is 0.996. The molecule has 0 spiro atoms. The maximum atomic E-state index is 3.63. The smallest absolute Gasteiger partial charge is 0.0280 e. The third-order valence-electron chi connectivity index (χ3n) is 1.85. The summed E-state index contributed by atoms with van der Waals surface area (Å²) in [7, 11) is 0.175. The largest absolute Gasteiger partial charge is 0.103 e. The maximum absolute atomic E-state index is 3.63. The Kier molecular flexibility index (Phi) is 9.77. The molecule has 0 aliphatic rings. The molecule has 0 fully saturated rings. The van der Waals surface area contributed by atoms with Crippen LogP contribution in [0, 0.1) is 0 Å². The van der Waals surface area contributed by atoms with Crippen molar-refractivity contribution in [2.45, 2.75) is 12.1 Å². The van der Waals surface area contributed by atoms with Crippen molar-refractivity contribution >= 4 is 15.6 Å². The molecule has 1 aromatic carbocycles. The van der Waals surface area contributed by atoms with E-state index in [4.69, 9.17) is 0 Å². The zero-order valence-corrected chi connectivity index (χ0v) is 10.8. The highest BCUT2D eigenvalue weighted by molar-refractivity contribution is 6.36. The number of hydrogen-bond acceptors (Lipinski definition) is 0. The minimum atomic E-state index is 0.175. The van der Waals surface area contributed by atoms with Crippen molar-refractivity contribution in [1.29, 1.82) is 0 Å². The van der Waals surface area contributed by atoms with Gasteiger partial charge < -0.3 is 0 Å². The molecule has 0 saturated heterocycles. The van der Waals surface area contributed by atoms with Gasteiger partial charge in [0.25, 0.3) is 0 Å². The second-order valence-corrected chi connectivity index (χ2v) is 4.98. The lowest BCUT2D eigenvalue weighted by atomic mass is 10.2. The summed E-state index contributed by atoms with van der Waals surface area (Å²) in [5, 5.41) is 0. The molecule has 0 bridgehead atoms. The monoisotopic (exact) mass is 216 g/mol. The molecule has 15 heavy (non-hydrogen) atoms. The molecule has 0 amide bonds. The highest BCUT2D eigenvalue weighted by Crippen LogP contribution is 1.97. The van der Waals surface area contributed by atoms with Gasteiger partial charge in [-0.25, -0.2) is 0 Å². The van der Waals surface area contributed by atoms with Gasteiger partial charge in [-0.05, 0) is 17.7 Å². The number of benzene rings is 1. The van der Waals surface area contributed by atoms with Crippen LogP contribution < -0.4 is 0 Å². The number of allylic oxidation sites excluding steroid dienone is 2. The van der Waals surface area contributed by atoms with Crippen molar-refractivity contribution in [2.75, 3.05) is 0 Å². The van der Waals surface area contributed by atoms with Crippen molar-refractivity contribution in [1.82, 2.24) is 0 Å². The first-order valence-electron chi connectivity index (χ1n) is 5.24. The first-order chi connectivity index (χ1) is 7.35. The van der Waals surface area contributed by atoms with E-state index in [0.717, 1.165) is 0 Å². The highest BCUT2D eigenvalue weighted by Gasteiger charge is 1.76. The van der Waals surface area contributed by atoms with E-state index in [9.17, 15) is 0 Å². The first-order valence-corrected chi connectivity index (χ1v) is 7.24. The zero-order valence-electron chi connectivity index (χ0n) is 9.36. The summed E-state index contributed by atoms with van der Waals surface area (Å²) in [6.45, 7) is 10.9. The third-order valence-corrected chi connectivity index (χ3v) is 3.48. The molecule has 1 rings (SSSR count). The lowest BCUT2D eigenvalue weighted by Crippen LogP contribution is -1.79. The lowest BCUT2D eigenvalue weighted by molar-refractivity contribution is 1.60. The van der Waals surface area contributed by atoms with Crippen molar-refractivity contribution in [3.05, 3.63) is 67.8 Å². The molecule has 0 aliphatic heterocycles. The summed E-state index contributed by atoms with van der Waals surface area (Å²) in [4.78, 5) is 0. The van der Waals surface area contributed by atoms with Gasteiger partial charge in [-0.3, -0.25) is 0 Å². The molecule has 1 heteroatoms. The van der Waals surface area contributed by atoms with Crippen LogP contribution in [0.4, 0.5) is 0 Å². The van der Waals surface area contributed by atoms with Gasteiger partial charge in [0.05, 0.1) is 0 Å². The Labute approximate surface area is 95.9 Å².